The lowest BCUT2D eigenvalue weighted by atomic mass is 9.78. The van der Waals surface area contributed by atoms with Gasteiger partial charge in [0.1, 0.15) is 5.75 Å². The van der Waals surface area contributed by atoms with E-state index >= 15 is 0 Å². The fraction of sp³-hybridized carbons (Fsp3) is 0.333. The maximum absolute atomic E-state index is 6.41. The molecule has 4 heteroatoms. The monoisotopic (exact) mass is 335 g/mol. The summed E-state index contributed by atoms with van der Waals surface area (Å²) in [6, 6.07) is 19.3. The Hall–Kier alpha value is -2.04. The van der Waals surface area contributed by atoms with Gasteiger partial charge in [-0.3, -0.25) is 0 Å². The summed E-state index contributed by atoms with van der Waals surface area (Å²) in [5, 5.41) is 0. The Labute approximate surface area is 151 Å². The molecule has 0 radical (unpaired) electrons. The first-order chi connectivity index (χ1) is 12.1. The van der Waals surface area contributed by atoms with E-state index in [2.05, 4.69) is 74.0 Å². The van der Waals surface area contributed by atoms with Gasteiger partial charge in [-0.25, -0.2) is 0 Å². The summed E-state index contributed by atoms with van der Waals surface area (Å²) in [7, 11) is 1.66. The minimum Gasteiger partial charge on any atom is -0.497 e. The normalized spacial score (nSPS) is 21.4. The summed E-state index contributed by atoms with van der Waals surface area (Å²) in [6.45, 7) is 6.70. The van der Waals surface area contributed by atoms with Crippen LogP contribution in [-0.4, -0.2) is 31.1 Å². The molecule has 130 valence electrons. The van der Waals surface area contributed by atoms with Gasteiger partial charge in [-0.1, -0.05) is 68.4 Å². The zero-order valence-electron chi connectivity index (χ0n) is 15.4. The summed E-state index contributed by atoms with van der Waals surface area (Å²) in [4.78, 5) is 2.43. The van der Waals surface area contributed by atoms with Gasteiger partial charge in [0.15, 0.2) is 0 Å². The molecule has 2 atom stereocenters. The number of hydrogen-bond donors (Lipinski definition) is 0. The topological polar surface area (TPSA) is 21.7 Å². The van der Waals surface area contributed by atoms with E-state index < -0.39 is 0 Å². The first kappa shape index (κ1) is 17.8. The van der Waals surface area contributed by atoms with E-state index in [0.717, 1.165) is 11.3 Å². The second-order valence-electron chi connectivity index (χ2n) is 6.77. The highest BCUT2D eigenvalue weighted by molar-refractivity contribution is 6.56. The molecule has 2 aromatic rings. The van der Waals surface area contributed by atoms with E-state index in [9.17, 15) is 0 Å². The highest BCUT2D eigenvalue weighted by Crippen LogP contribution is 2.35. The van der Waals surface area contributed by atoms with Crippen LogP contribution in [0.2, 0.25) is 0 Å². The molecule has 0 bridgehead atoms. The predicted molar refractivity (Wildman–Crippen MR) is 104 cm³/mol. The van der Waals surface area contributed by atoms with Gasteiger partial charge in [0, 0.05) is 6.04 Å². The molecule has 0 aliphatic carbocycles. The zero-order valence-corrected chi connectivity index (χ0v) is 15.4. The number of hydrogen-bond acceptors (Lipinski definition) is 3. The Morgan fingerprint density at radius 3 is 2.36 bits per heavy atom. The molecule has 0 saturated carbocycles. The number of methoxy groups -OCH3 is 1. The fourth-order valence-electron chi connectivity index (χ4n) is 3.54. The van der Waals surface area contributed by atoms with E-state index in [1.807, 2.05) is 18.2 Å². The first-order valence-corrected chi connectivity index (χ1v) is 8.90. The summed E-state index contributed by atoms with van der Waals surface area (Å²) < 4.78 is 11.6. The third-order valence-electron chi connectivity index (χ3n) is 4.78. The Balaban J connectivity index is 1.79. The largest absolute Gasteiger partial charge is 0.497 e. The van der Waals surface area contributed by atoms with Crippen molar-refractivity contribution < 1.29 is 9.39 Å². The quantitative estimate of drug-likeness (QED) is 0.745. The molecular formula is C21H26BNO2. The third kappa shape index (κ3) is 3.97. The summed E-state index contributed by atoms with van der Waals surface area (Å²) in [6.07, 6.45) is 2.22. The molecule has 3 rings (SSSR count). The molecule has 0 amide bonds. The van der Waals surface area contributed by atoms with E-state index in [0.29, 0.717) is 12.1 Å². The molecule has 2 aromatic carbocycles. The second kappa shape index (κ2) is 7.90. The predicted octanol–water partition coefficient (Wildman–Crippen LogP) is 4.61. The van der Waals surface area contributed by atoms with E-state index in [1.165, 1.54) is 5.56 Å². The molecule has 1 heterocycles. The van der Waals surface area contributed by atoms with Crippen molar-refractivity contribution in [1.82, 2.24) is 4.81 Å². The Morgan fingerprint density at radius 2 is 1.76 bits per heavy atom. The van der Waals surface area contributed by atoms with Gasteiger partial charge in [0.25, 0.3) is 0 Å². The van der Waals surface area contributed by atoms with Crippen LogP contribution in [0.1, 0.15) is 38.0 Å². The van der Waals surface area contributed by atoms with Crippen LogP contribution >= 0.6 is 0 Å². The summed E-state index contributed by atoms with van der Waals surface area (Å²) in [5.41, 5.74) is 2.38. The van der Waals surface area contributed by atoms with Crippen LogP contribution in [0, 0.1) is 0 Å². The minimum absolute atomic E-state index is 0.0256. The number of nitrogens with zero attached hydrogens (tertiary/aromatic N) is 1. The van der Waals surface area contributed by atoms with Crippen molar-refractivity contribution >= 4 is 13.1 Å². The Bertz CT molecular complexity index is 700. The lowest BCUT2D eigenvalue weighted by Gasteiger charge is -2.28. The number of rotatable bonds is 5. The van der Waals surface area contributed by atoms with Crippen molar-refractivity contribution in [3.8, 4) is 5.75 Å². The second-order valence-corrected chi connectivity index (χ2v) is 6.77. The first-order valence-electron chi connectivity index (χ1n) is 8.90. The smallest absolute Gasteiger partial charge is 0.412 e. The molecule has 25 heavy (non-hydrogen) atoms. The average molecular weight is 335 g/mol. The Morgan fingerprint density at radius 1 is 1.08 bits per heavy atom. The van der Waals surface area contributed by atoms with Crippen molar-refractivity contribution in [1.29, 1.82) is 0 Å². The molecule has 0 N–H and O–H groups in total. The molecule has 1 aliphatic rings. The van der Waals surface area contributed by atoms with Crippen molar-refractivity contribution in [3.05, 3.63) is 71.7 Å². The van der Waals surface area contributed by atoms with Crippen LogP contribution in [0.15, 0.2) is 60.6 Å². The van der Waals surface area contributed by atoms with Gasteiger partial charge in [0.05, 0.1) is 13.2 Å². The van der Waals surface area contributed by atoms with E-state index in [1.54, 1.807) is 7.11 Å². The van der Waals surface area contributed by atoms with Crippen LogP contribution in [0.25, 0.3) is 6.08 Å². The van der Waals surface area contributed by atoms with Crippen molar-refractivity contribution in [2.24, 2.45) is 0 Å². The molecule has 0 aromatic heterocycles. The summed E-state index contributed by atoms with van der Waals surface area (Å²) in [5.74, 6) is 3.03. The standard InChI is InChI=1S/C21H26BNO2/c1-16(2)23-17(3)21(19-8-6-5-7-9-19)25-22(23)15-14-18-10-12-20(24-4)13-11-18/h5-17,21H,1-4H3/b15-14-/t17-,21+/m1/s1. The van der Waals surface area contributed by atoms with Crippen molar-refractivity contribution in [2.75, 3.05) is 7.11 Å². The van der Waals surface area contributed by atoms with E-state index in [4.69, 9.17) is 9.39 Å². The van der Waals surface area contributed by atoms with Crippen LogP contribution in [0.5, 0.6) is 5.75 Å². The molecule has 3 nitrogen and oxygen atoms in total. The van der Waals surface area contributed by atoms with Gasteiger partial charge in [-0.15, -0.1) is 0 Å². The van der Waals surface area contributed by atoms with Gasteiger partial charge < -0.3 is 14.2 Å². The van der Waals surface area contributed by atoms with Crippen LogP contribution < -0.4 is 4.74 Å². The molecule has 1 aliphatic heterocycles. The van der Waals surface area contributed by atoms with Gasteiger partial charge in [0.2, 0.25) is 0 Å². The molecule has 1 fully saturated rings. The fourth-order valence-corrected chi connectivity index (χ4v) is 3.54. The minimum atomic E-state index is -0.0256. The zero-order chi connectivity index (χ0) is 17.8. The highest BCUT2D eigenvalue weighted by atomic mass is 16.5. The number of ether oxygens (including phenoxy) is 1. The summed E-state index contributed by atoms with van der Waals surface area (Å²) >= 11 is 0. The van der Waals surface area contributed by atoms with Crippen molar-refractivity contribution in [3.63, 3.8) is 0 Å². The van der Waals surface area contributed by atoms with Gasteiger partial charge in [-0.05, 0) is 36.2 Å². The Kier molecular flexibility index (Phi) is 5.62. The molecular weight excluding hydrogens is 309 g/mol. The van der Waals surface area contributed by atoms with Gasteiger partial charge in [-0.2, -0.15) is 0 Å². The van der Waals surface area contributed by atoms with Crippen LogP contribution in [-0.2, 0) is 4.65 Å². The van der Waals surface area contributed by atoms with Gasteiger partial charge >= 0.3 is 7.05 Å². The van der Waals surface area contributed by atoms with Crippen molar-refractivity contribution in [2.45, 2.75) is 39.0 Å². The van der Waals surface area contributed by atoms with Crippen LogP contribution in [0.4, 0.5) is 0 Å². The van der Waals surface area contributed by atoms with Crippen LogP contribution in [0.3, 0.4) is 0 Å². The SMILES string of the molecule is COc1ccc(/C=C\B2O[C@H](c3ccccc3)[C@@H](C)N2C(C)C)cc1. The molecule has 1 saturated heterocycles. The molecule has 0 spiro atoms. The lowest BCUT2D eigenvalue weighted by Crippen LogP contribution is -2.43. The lowest BCUT2D eigenvalue weighted by molar-refractivity contribution is 0.197. The highest BCUT2D eigenvalue weighted by Gasteiger charge is 2.43. The average Bonchev–Trinajstić information content (AvgIpc) is 2.97. The number of benzene rings is 2. The maximum atomic E-state index is 6.41. The van der Waals surface area contributed by atoms with E-state index in [-0.39, 0.29) is 13.2 Å². The molecule has 0 unspecified atom stereocenters. The third-order valence-corrected chi connectivity index (χ3v) is 4.78. The maximum Gasteiger partial charge on any atom is 0.412 e.